The second kappa shape index (κ2) is 5.73. The van der Waals surface area contributed by atoms with Crippen molar-refractivity contribution in [2.75, 3.05) is 6.54 Å². The van der Waals surface area contributed by atoms with E-state index in [-0.39, 0.29) is 0 Å². The quantitative estimate of drug-likeness (QED) is 0.738. The number of nitrogens with one attached hydrogen (secondary N) is 1. The van der Waals surface area contributed by atoms with Crippen LogP contribution in [0.5, 0.6) is 0 Å². The molecule has 0 amide bonds. The van der Waals surface area contributed by atoms with E-state index in [0.717, 1.165) is 12.0 Å². The van der Waals surface area contributed by atoms with Gasteiger partial charge in [-0.05, 0) is 55.4 Å². The van der Waals surface area contributed by atoms with Crippen molar-refractivity contribution in [2.45, 2.75) is 79.7 Å². The van der Waals surface area contributed by atoms with Gasteiger partial charge in [0.25, 0.3) is 0 Å². The van der Waals surface area contributed by atoms with Gasteiger partial charge in [-0.15, -0.1) is 0 Å². The molecule has 1 aliphatic carbocycles. The van der Waals surface area contributed by atoms with E-state index >= 15 is 0 Å². The first-order valence-electron chi connectivity index (χ1n) is 7.53. The van der Waals surface area contributed by atoms with E-state index in [4.69, 9.17) is 0 Å². The van der Waals surface area contributed by atoms with Crippen molar-refractivity contribution < 1.29 is 0 Å². The molecule has 17 heavy (non-hydrogen) atoms. The van der Waals surface area contributed by atoms with Crippen molar-refractivity contribution in [1.29, 1.82) is 0 Å². The lowest BCUT2D eigenvalue weighted by Gasteiger charge is -2.47. The summed E-state index contributed by atoms with van der Waals surface area (Å²) in [5, 5.41) is 3.76. The fourth-order valence-electron chi connectivity index (χ4n) is 4.19. The first-order valence-corrected chi connectivity index (χ1v) is 7.53. The van der Waals surface area contributed by atoms with Gasteiger partial charge in [-0.2, -0.15) is 0 Å². The molecule has 1 unspecified atom stereocenters. The van der Waals surface area contributed by atoms with Gasteiger partial charge in [0, 0.05) is 6.04 Å². The van der Waals surface area contributed by atoms with Crippen molar-refractivity contribution in [3.63, 3.8) is 0 Å². The summed E-state index contributed by atoms with van der Waals surface area (Å²) in [7, 11) is 0. The van der Waals surface area contributed by atoms with Crippen LogP contribution in [0.4, 0.5) is 0 Å². The van der Waals surface area contributed by atoms with Crippen LogP contribution in [0.1, 0.15) is 73.6 Å². The van der Waals surface area contributed by atoms with Crippen LogP contribution in [-0.2, 0) is 0 Å². The molecule has 0 aromatic heterocycles. The van der Waals surface area contributed by atoms with Gasteiger partial charge in [0.15, 0.2) is 0 Å². The molecule has 102 valence electrons. The molecular weight excluding hydrogens is 206 g/mol. The molecule has 1 fully saturated rings. The summed E-state index contributed by atoms with van der Waals surface area (Å²) in [5.41, 5.74) is 1.04. The molecule has 0 saturated heterocycles. The SMILES string of the molecule is CCCNC(CC)C1CC(C)(C)CC(C)(C)C1. The van der Waals surface area contributed by atoms with Gasteiger partial charge < -0.3 is 5.32 Å². The van der Waals surface area contributed by atoms with Gasteiger partial charge in [0.1, 0.15) is 0 Å². The average molecular weight is 239 g/mol. The van der Waals surface area contributed by atoms with Gasteiger partial charge in [0.2, 0.25) is 0 Å². The van der Waals surface area contributed by atoms with E-state index in [9.17, 15) is 0 Å². The van der Waals surface area contributed by atoms with Crippen molar-refractivity contribution >= 4 is 0 Å². The monoisotopic (exact) mass is 239 g/mol. The minimum atomic E-state index is 0.522. The van der Waals surface area contributed by atoms with Crippen LogP contribution in [0.3, 0.4) is 0 Å². The minimum Gasteiger partial charge on any atom is -0.314 e. The standard InChI is InChI=1S/C16H33N/c1-7-9-17-14(8-2)13-10-15(3,4)12-16(5,6)11-13/h13-14,17H,7-12H2,1-6H3. The maximum atomic E-state index is 3.76. The Morgan fingerprint density at radius 3 is 2.00 bits per heavy atom. The molecule has 1 N–H and O–H groups in total. The lowest BCUT2D eigenvalue weighted by molar-refractivity contribution is 0.0486. The van der Waals surface area contributed by atoms with Crippen LogP contribution in [0.2, 0.25) is 0 Å². The van der Waals surface area contributed by atoms with Crippen LogP contribution in [0, 0.1) is 16.7 Å². The van der Waals surface area contributed by atoms with E-state index in [0.29, 0.717) is 10.8 Å². The normalized spacial score (nSPS) is 25.8. The smallest absolute Gasteiger partial charge is 0.00930 e. The van der Waals surface area contributed by atoms with Crippen LogP contribution >= 0.6 is 0 Å². The first-order chi connectivity index (χ1) is 7.79. The summed E-state index contributed by atoms with van der Waals surface area (Å²) in [6.45, 7) is 15.6. The van der Waals surface area contributed by atoms with Crippen LogP contribution in [0.15, 0.2) is 0 Å². The third-order valence-corrected chi connectivity index (χ3v) is 4.25. The summed E-state index contributed by atoms with van der Waals surface area (Å²) >= 11 is 0. The molecule has 0 bridgehead atoms. The van der Waals surface area contributed by atoms with E-state index < -0.39 is 0 Å². The Labute approximate surface area is 109 Å². The third-order valence-electron chi connectivity index (χ3n) is 4.25. The Bertz CT molecular complexity index is 214. The summed E-state index contributed by atoms with van der Waals surface area (Å²) in [4.78, 5) is 0. The Kier molecular flexibility index (Phi) is 5.07. The second-order valence-corrected chi connectivity index (χ2v) is 7.64. The van der Waals surface area contributed by atoms with Gasteiger partial charge in [-0.1, -0.05) is 41.5 Å². The molecule has 0 spiro atoms. The third kappa shape index (κ3) is 4.62. The minimum absolute atomic E-state index is 0.522. The average Bonchev–Trinajstić information content (AvgIpc) is 2.14. The summed E-state index contributed by atoms with van der Waals surface area (Å²) in [5.74, 6) is 0.866. The van der Waals surface area contributed by atoms with Crippen molar-refractivity contribution in [3.8, 4) is 0 Å². The summed E-state index contributed by atoms with van der Waals surface area (Å²) in [6.07, 6.45) is 6.69. The molecule has 1 heteroatoms. The largest absolute Gasteiger partial charge is 0.314 e. The highest BCUT2D eigenvalue weighted by atomic mass is 14.9. The number of hydrogen-bond donors (Lipinski definition) is 1. The lowest BCUT2D eigenvalue weighted by Crippen LogP contribution is -2.44. The van der Waals surface area contributed by atoms with E-state index in [1.807, 2.05) is 0 Å². The van der Waals surface area contributed by atoms with Gasteiger partial charge in [-0.3, -0.25) is 0 Å². The fourth-order valence-corrected chi connectivity index (χ4v) is 4.19. The molecule has 1 atom stereocenters. The molecule has 1 rings (SSSR count). The van der Waals surface area contributed by atoms with Crippen molar-refractivity contribution in [2.24, 2.45) is 16.7 Å². The molecule has 1 saturated carbocycles. The van der Waals surface area contributed by atoms with Gasteiger partial charge >= 0.3 is 0 Å². The Hall–Kier alpha value is -0.0400. The molecule has 0 aliphatic heterocycles. The zero-order chi connectivity index (χ0) is 13.1. The first kappa shape index (κ1) is 15.0. The predicted octanol–water partition coefficient (Wildman–Crippen LogP) is 4.62. The van der Waals surface area contributed by atoms with Crippen molar-refractivity contribution in [3.05, 3.63) is 0 Å². The van der Waals surface area contributed by atoms with E-state index in [2.05, 4.69) is 46.9 Å². The Morgan fingerprint density at radius 1 is 1.06 bits per heavy atom. The molecule has 1 nitrogen and oxygen atoms in total. The summed E-state index contributed by atoms with van der Waals surface area (Å²) in [6, 6.07) is 0.730. The maximum Gasteiger partial charge on any atom is 0.00930 e. The van der Waals surface area contributed by atoms with Crippen molar-refractivity contribution in [1.82, 2.24) is 5.32 Å². The maximum absolute atomic E-state index is 3.76. The van der Waals surface area contributed by atoms with E-state index in [1.165, 1.54) is 38.6 Å². The van der Waals surface area contributed by atoms with E-state index in [1.54, 1.807) is 0 Å². The molecule has 1 aliphatic rings. The molecule has 0 heterocycles. The summed E-state index contributed by atoms with van der Waals surface area (Å²) < 4.78 is 0. The Morgan fingerprint density at radius 2 is 1.59 bits per heavy atom. The van der Waals surface area contributed by atoms with Crippen LogP contribution in [-0.4, -0.2) is 12.6 Å². The number of rotatable bonds is 5. The fraction of sp³-hybridized carbons (Fsp3) is 1.00. The topological polar surface area (TPSA) is 12.0 Å². The van der Waals surface area contributed by atoms with Gasteiger partial charge in [-0.25, -0.2) is 0 Å². The molecular formula is C16H33N. The predicted molar refractivity (Wildman–Crippen MR) is 77.3 cm³/mol. The molecule has 0 radical (unpaired) electrons. The highest BCUT2D eigenvalue weighted by Crippen LogP contribution is 2.49. The highest BCUT2D eigenvalue weighted by Gasteiger charge is 2.40. The zero-order valence-corrected chi connectivity index (χ0v) is 12.9. The second-order valence-electron chi connectivity index (χ2n) is 7.64. The lowest BCUT2D eigenvalue weighted by atomic mass is 9.60. The molecule has 0 aromatic rings. The molecule has 0 aromatic carbocycles. The Balaban J connectivity index is 2.67. The van der Waals surface area contributed by atoms with Crippen LogP contribution < -0.4 is 5.32 Å². The van der Waals surface area contributed by atoms with Crippen LogP contribution in [0.25, 0.3) is 0 Å². The highest BCUT2D eigenvalue weighted by molar-refractivity contribution is 4.93. The van der Waals surface area contributed by atoms with Gasteiger partial charge in [0.05, 0.1) is 0 Å². The number of hydrogen-bond acceptors (Lipinski definition) is 1. The zero-order valence-electron chi connectivity index (χ0n) is 12.9.